The quantitative estimate of drug-likeness (QED) is 0.597. The van der Waals surface area contributed by atoms with E-state index in [2.05, 4.69) is 0 Å². The lowest BCUT2D eigenvalue weighted by Crippen LogP contribution is -2.37. The Labute approximate surface area is 137 Å². The Balaban J connectivity index is 2.99. The average molecular weight is 349 g/mol. The molecule has 1 unspecified atom stereocenters. The normalized spacial score (nSPS) is 13.3. The summed E-state index contributed by atoms with van der Waals surface area (Å²) in [5.74, 6) is 0. The van der Waals surface area contributed by atoms with Crippen molar-refractivity contribution in [3.05, 3.63) is 29.8 Å². The molecular formula is C15H18F3NO3S. The third kappa shape index (κ3) is 6.52. The summed E-state index contributed by atoms with van der Waals surface area (Å²) < 4.78 is 42.5. The molecule has 128 valence electrons. The number of nitrogens with zero attached hydrogens (tertiary/aromatic N) is 1. The van der Waals surface area contributed by atoms with Gasteiger partial charge in [-0.25, -0.2) is 4.79 Å². The van der Waals surface area contributed by atoms with Gasteiger partial charge in [0.05, 0.1) is 0 Å². The van der Waals surface area contributed by atoms with Crippen LogP contribution in [0.2, 0.25) is 0 Å². The van der Waals surface area contributed by atoms with Crippen molar-refractivity contribution in [1.29, 1.82) is 0 Å². The molecule has 1 rings (SSSR count). The molecule has 1 aromatic rings. The maximum absolute atomic E-state index is 12.4. The zero-order valence-corrected chi connectivity index (χ0v) is 14.0. The van der Waals surface area contributed by atoms with Crippen LogP contribution in [0.4, 0.5) is 18.0 Å². The highest BCUT2D eigenvalue weighted by Gasteiger charge is 2.30. The number of benzene rings is 1. The molecule has 0 heterocycles. The fourth-order valence-corrected chi connectivity index (χ4v) is 2.35. The van der Waals surface area contributed by atoms with E-state index in [-0.39, 0.29) is 22.2 Å². The molecule has 1 atom stereocenters. The van der Waals surface area contributed by atoms with Crippen molar-refractivity contribution in [2.75, 3.05) is 7.05 Å². The van der Waals surface area contributed by atoms with Crippen LogP contribution in [0.25, 0.3) is 0 Å². The van der Waals surface area contributed by atoms with Gasteiger partial charge in [-0.2, -0.15) is 13.2 Å². The first-order valence-electron chi connectivity index (χ1n) is 6.70. The third-order valence-corrected chi connectivity index (χ3v) is 3.38. The number of ether oxygens (including phenoxy) is 1. The first kappa shape index (κ1) is 19.3. The number of thioether (sulfide) groups is 1. The summed E-state index contributed by atoms with van der Waals surface area (Å²) in [4.78, 5) is 24.3. The van der Waals surface area contributed by atoms with E-state index in [1.807, 2.05) is 0 Å². The molecule has 0 fully saturated rings. The van der Waals surface area contributed by atoms with Crippen molar-refractivity contribution in [2.24, 2.45) is 0 Å². The van der Waals surface area contributed by atoms with Crippen molar-refractivity contribution < 1.29 is 27.5 Å². The molecular weight excluding hydrogens is 331 g/mol. The number of carbonyl (C=O) groups is 2. The predicted molar refractivity (Wildman–Crippen MR) is 81.2 cm³/mol. The maximum atomic E-state index is 12.4. The van der Waals surface area contributed by atoms with E-state index in [0.717, 1.165) is 4.90 Å². The SMILES string of the molecule is CN(C(=O)OC(C)(C)C)C(C=O)c1cccc(SC(F)(F)F)c1. The monoisotopic (exact) mass is 349 g/mol. The summed E-state index contributed by atoms with van der Waals surface area (Å²) in [7, 11) is 1.36. The molecule has 0 bridgehead atoms. The molecule has 0 saturated heterocycles. The molecule has 0 aliphatic carbocycles. The Bertz CT molecular complexity index is 570. The second-order valence-corrected chi connectivity index (χ2v) is 6.93. The Morgan fingerprint density at radius 2 is 1.91 bits per heavy atom. The van der Waals surface area contributed by atoms with Gasteiger partial charge < -0.3 is 9.53 Å². The molecule has 8 heteroatoms. The molecule has 0 N–H and O–H groups in total. The van der Waals surface area contributed by atoms with Crippen LogP contribution in [-0.2, 0) is 9.53 Å². The first-order chi connectivity index (χ1) is 10.4. The van der Waals surface area contributed by atoms with E-state index >= 15 is 0 Å². The Morgan fingerprint density at radius 3 is 2.39 bits per heavy atom. The molecule has 0 aromatic heterocycles. The summed E-state index contributed by atoms with van der Waals surface area (Å²) in [5, 5.41) is 0. The highest BCUT2D eigenvalue weighted by Crippen LogP contribution is 2.37. The standard InChI is InChI=1S/C15H18F3NO3S/c1-14(2,3)22-13(21)19(4)12(9-20)10-6-5-7-11(8-10)23-15(16,17)18/h5-9,12H,1-4H3. The second-order valence-electron chi connectivity index (χ2n) is 5.79. The minimum Gasteiger partial charge on any atom is -0.444 e. The van der Waals surface area contributed by atoms with Crippen LogP contribution in [0.1, 0.15) is 32.4 Å². The fourth-order valence-electron chi connectivity index (χ4n) is 1.74. The van der Waals surface area contributed by atoms with Crippen LogP contribution >= 0.6 is 11.8 Å². The summed E-state index contributed by atoms with van der Waals surface area (Å²) >= 11 is -0.278. The number of rotatable bonds is 4. The number of hydrogen-bond donors (Lipinski definition) is 0. The number of alkyl halides is 3. The van der Waals surface area contributed by atoms with E-state index < -0.39 is 23.2 Å². The van der Waals surface area contributed by atoms with Crippen LogP contribution < -0.4 is 0 Å². The van der Waals surface area contributed by atoms with Gasteiger partial charge in [0.2, 0.25) is 0 Å². The van der Waals surface area contributed by atoms with Crippen molar-refractivity contribution in [3.63, 3.8) is 0 Å². The van der Waals surface area contributed by atoms with E-state index in [0.29, 0.717) is 6.29 Å². The zero-order chi connectivity index (χ0) is 17.8. The highest BCUT2D eigenvalue weighted by atomic mass is 32.2. The fraction of sp³-hybridized carbons (Fsp3) is 0.467. The Kier molecular flexibility index (Phi) is 6.10. The van der Waals surface area contributed by atoms with E-state index in [1.165, 1.54) is 31.3 Å². The topological polar surface area (TPSA) is 46.6 Å². The van der Waals surface area contributed by atoms with Gasteiger partial charge in [0.1, 0.15) is 17.9 Å². The largest absolute Gasteiger partial charge is 0.446 e. The number of aldehydes is 1. The second kappa shape index (κ2) is 7.25. The summed E-state index contributed by atoms with van der Waals surface area (Å²) in [6.45, 7) is 5.03. The van der Waals surface area contributed by atoms with E-state index in [9.17, 15) is 22.8 Å². The van der Waals surface area contributed by atoms with E-state index in [1.54, 1.807) is 20.8 Å². The van der Waals surface area contributed by atoms with Gasteiger partial charge in [-0.05, 0) is 50.2 Å². The average Bonchev–Trinajstić information content (AvgIpc) is 2.35. The lowest BCUT2D eigenvalue weighted by atomic mass is 10.1. The number of carbonyl (C=O) groups excluding carboxylic acids is 2. The van der Waals surface area contributed by atoms with Gasteiger partial charge in [0.15, 0.2) is 0 Å². The molecule has 1 amide bonds. The number of amides is 1. The van der Waals surface area contributed by atoms with Gasteiger partial charge >= 0.3 is 11.6 Å². The molecule has 0 aliphatic rings. The maximum Gasteiger partial charge on any atom is 0.446 e. The summed E-state index contributed by atoms with van der Waals surface area (Å²) in [6.07, 6.45) is -0.246. The van der Waals surface area contributed by atoms with Gasteiger partial charge in [0.25, 0.3) is 0 Å². The summed E-state index contributed by atoms with van der Waals surface area (Å²) in [6, 6.07) is 4.39. The molecule has 0 saturated carbocycles. The smallest absolute Gasteiger partial charge is 0.444 e. The van der Waals surface area contributed by atoms with E-state index in [4.69, 9.17) is 4.74 Å². The Hall–Kier alpha value is -1.70. The molecule has 0 radical (unpaired) electrons. The number of likely N-dealkylation sites (N-methyl/N-ethyl adjacent to an activating group) is 1. The van der Waals surface area contributed by atoms with Gasteiger partial charge in [0, 0.05) is 11.9 Å². The minimum atomic E-state index is -4.42. The predicted octanol–water partition coefficient (Wildman–Crippen LogP) is 4.41. The van der Waals surface area contributed by atoms with Crippen LogP contribution in [-0.4, -0.2) is 35.4 Å². The van der Waals surface area contributed by atoms with Gasteiger partial charge in [-0.15, -0.1) is 0 Å². The first-order valence-corrected chi connectivity index (χ1v) is 7.51. The number of halogens is 3. The van der Waals surface area contributed by atoms with Gasteiger partial charge in [-0.3, -0.25) is 4.90 Å². The lowest BCUT2D eigenvalue weighted by molar-refractivity contribution is -0.112. The minimum absolute atomic E-state index is 0.0561. The van der Waals surface area contributed by atoms with Crippen molar-refractivity contribution in [1.82, 2.24) is 4.90 Å². The van der Waals surface area contributed by atoms with Crippen LogP contribution in [0.15, 0.2) is 29.2 Å². The molecule has 0 aliphatic heterocycles. The molecule has 1 aromatic carbocycles. The summed E-state index contributed by atoms with van der Waals surface area (Å²) in [5.41, 5.74) is -4.89. The van der Waals surface area contributed by atoms with Gasteiger partial charge in [-0.1, -0.05) is 12.1 Å². The van der Waals surface area contributed by atoms with Crippen LogP contribution in [0.5, 0.6) is 0 Å². The van der Waals surface area contributed by atoms with Crippen molar-refractivity contribution in [3.8, 4) is 0 Å². The third-order valence-electron chi connectivity index (χ3n) is 2.66. The lowest BCUT2D eigenvalue weighted by Gasteiger charge is -2.28. The van der Waals surface area contributed by atoms with Crippen LogP contribution in [0, 0.1) is 0 Å². The molecule has 0 spiro atoms. The highest BCUT2D eigenvalue weighted by molar-refractivity contribution is 8.00. The van der Waals surface area contributed by atoms with Crippen LogP contribution in [0.3, 0.4) is 0 Å². The number of hydrogen-bond acceptors (Lipinski definition) is 4. The molecule has 23 heavy (non-hydrogen) atoms. The zero-order valence-electron chi connectivity index (χ0n) is 13.2. The molecule has 4 nitrogen and oxygen atoms in total. The van der Waals surface area contributed by atoms with Crippen molar-refractivity contribution in [2.45, 2.75) is 42.8 Å². The Morgan fingerprint density at radius 1 is 1.30 bits per heavy atom. The van der Waals surface area contributed by atoms with Crippen molar-refractivity contribution >= 4 is 24.1 Å².